The molecule has 0 saturated carbocycles. The van der Waals surface area contributed by atoms with Crippen molar-refractivity contribution in [2.24, 2.45) is 0 Å². The number of nitrogens with zero attached hydrogens (tertiary/aromatic N) is 6. The highest BCUT2D eigenvalue weighted by Crippen LogP contribution is 2.21. The molecule has 31 heavy (non-hydrogen) atoms. The largest absolute Gasteiger partial charge is 0.487 e. The molecule has 4 aromatic rings. The highest BCUT2D eigenvalue weighted by molar-refractivity contribution is 5.79. The van der Waals surface area contributed by atoms with Crippen molar-refractivity contribution in [3.8, 4) is 5.75 Å². The third-order valence-corrected chi connectivity index (χ3v) is 5.31. The van der Waals surface area contributed by atoms with Crippen LogP contribution in [0.2, 0.25) is 0 Å². The highest BCUT2D eigenvalue weighted by Gasteiger charge is 2.33. The summed E-state index contributed by atoms with van der Waals surface area (Å²) in [4.78, 5) is 31.1. The molecule has 1 saturated heterocycles. The maximum atomic E-state index is 12.6. The van der Waals surface area contributed by atoms with E-state index in [1.165, 1.54) is 10.9 Å². The number of likely N-dealkylation sites (tertiary alicyclic amines) is 1. The lowest BCUT2D eigenvalue weighted by Gasteiger charge is -2.38. The van der Waals surface area contributed by atoms with Crippen LogP contribution >= 0.6 is 0 Å². The van der Waals surface area contributed by atoms with Crippen LogP contribution in [0, 0.1) is 0 Å². The summed E-state index contributed by atoms with van der Waals surface area (Å²) in [6, 6.07) is 16.7. The van der Waals surface area contributed by atoms with Gasteiger partial charge in [-0.3, -0.25) is 14.2 Å². The number of hydrogen-bond acceptors (Lipinski definition) is 6. The van der Waals surface area contributed by atoms with Crippen LogP contribution in [0.1, 0.15) is 11.7 Å². The fraction of sp³-hybridized carbons (Fsp3) is 0.227. The lowest BCUT2D eigenvalue weighted by molar-refractivity contribution is -0.137. The second kappa shape index (κ2) is 8.02. The minimum absolute atomic E-state index is 0.0308. The molecule has 156 valence electrons. The Morgan fingerprint density at radius 1 is 1.06 bits per heavy atom. The Kier molecular flexibility index (Phi) is 4.91. The van der Waals surface area contributed by atoms with Crippen molar-refractivity contribution >= 4 is 16.8 Å². The van der Waals surface area contributed by atoms with Crippen LogP contribution < -0.4 is 10.3 Å². The highest BCUT2D eigenvalue weighted by atomic mass is 16.5. The molecule has 0 radical (unpaired) electrons. The van der Waals surface area contributed by atoms with Crippen LogP contribution in [-0.4, -0.2) is 48.4 Å². The number of amides is 1. The van der Waals surface area contributed by atoms with Crippen LogP contribution in [-0.2, 0) is 17.9 Å². The van der Waals surface area contributed by atoms with Crippen molar-refractivity contribution in [3.63, 3.8) is 0 Å². The van der Waals surface area contributed by atoms with Crippen LogP contribution in [0.25, 0.3) is 10.9 Å². The summed E-state index contributed by atoms with van der Waals surface area (Å²) in [6.07, 6.45) is 3.27. The monoisotopic (exact) mass is 416 g/mol. The molecule has 2 aromatic heterocycles. The third kappa shape index (κ3) is 3.89. The molecule has 0 aliphatic carbocycles. The summed E-state index contributed by atoms with van der Waals surface area (Å²) >= 11 is 0. The van der Waals surface area contributed by atoms with Gasteiger partial charge < -0.3 is 9.64 Å². The Balaban J connectivity index is 1.17. The Hall–Kier alpha value is -4.01. The van der Waals surface area contributed by atoms with Gasteiger partial charge in [-0.05, 0) is 24.3 Å². The van der Waals surface area contributed by atoms with Crippen LogP contribution in [0.3, 0.4) is 0 Å². The van der Waals surface area contributed by atoms with Crippen molar-refractivity contribution in [1.29, 1.82) is 0 Å². The molecule has 2 aromatic carbocycles. The first-order valence-electron chi connectivity index (χ1n) is 9.98. The molecule has 9 heteroatoms. The Labute approximate surface area is 177 Å². The van der Waals surface area contributed by atoms with E-state index in [0.29, 0.717) is 30.6 Å². The molecular weight excluding hydrogens is 396 g/mol. The fourth-order valence-electron chi connectivity index (χ4n) is 3.52. The number of carbonyl (C=O) groups is 1. The first-order chi connectivity index (χ1) is 15.2. The number of fused-ring (bicyclic) bond motifs is 1. The number of ether oxygens (including phenoxy) is 1. The van der Waals surface area contributed by atoms with Crippen LogP contribution in [0.15, 0.2) is 71.9 Å². The Morgan fingerprint density at radius 3 is 2.68 bits per heavy atom. The summed E-state index contributed by atoms with van der Waals surface area (Å²) < 4.78 is 8.80. The van der Waals surface area contributed by atoms with Gasteiger partial charge in [-0.25, -0.2) is 9.67 Å². The zero-order valence-corrected chi connectivity index (χ0v) is 16.7. The minimum Gasteiger partial charge on any atom is -0.487 e. The lowest BCUT2D eigenvalue weighted by atomic mass is 10.1. The maximum Gasteiger partial charge on any atom is 0.261 e. The quantitative estimate of drug-likeness (QED) is 0.474. The van der Waals surface area contributed by atoms with Crippen LogP contribution in [0.4, 0.5) is 0 Å². The van der Waals surface area contributed by atoms with Crippen LogP contribution in [0.5, 0.6) is 5.75 Å². The summed E-state index contributed by atoms with van der Waals surface area (Å²) in [5.41, 5.74) is 1.14. The van der Waals surface area contributed by atoms with Crippen molar-refractivity contribution in [3.05, 3.63) is 83.2 Å². The smallest absolute Gasteiger partial charge is 0.261 e. The predicted octanol–water partition coefficient (Wildman–Crippen LogP) is 1.65. The lowest BCUT2D eigenvalue weighted by Crippen LogP contribution is -2.52. The summed E-state index contributed by atoms with van der Waals surface area (Å²) in [6.45, 7) is 1.35. The summed E-state index contributed by atoms with van der Waals surface area (Å²) in [7, 11) is 0. The van der Waals surface area contributed by atoms with E-state index in [0.717, 1.165) is 11.4 Å². The molecular formula is C22H20N6O3. The second-order valence-corrected chi connectivity index (χ2v) is 7.44. The number of benzene rings is 2. The zero-order valence-electron chi connectivity index (χ0n) is 16.7. The minimum atomic E-state index is -0.213. The molecule has 1 aliphatic rings. The normalized spacial score (nSPS) is 13.9. The number of rotatable bonds is 6. The van der Waals surface area contributed by atoms with Gasteiger partial charge in [-0.2, -0.15) is 0 Å². The van der Waals surface area contributed by atoms with Crippen molar-refractivity contribution in [2.45, 2.75) is 19.2 Å². The Bertz CT molecular complexity index is 1280. The molecule has 9 nitrogen and oxygen atoms in total. The Morgan fingerprint density at radius 2 is 1.84 bits per heavy atom. The molecule has 5 rings (SSSR count). The van der Waals surface area contributed by atoms with Gasteiger partial charge in [0.2, 0.25) is 5.91 Å². The molecule has 0 N–H and O–H groups in total. The molecule has 0 spiro atoms. The maximum absolute atomic E-state index is 12.6. The van der Waals surface area contributed by atoms with Gasteiger partial charge in [0.15, 0.2) is 0 Å². The van der Waals surface area contributed by atoms with Gasteiger partial charge in [0, 0.05) is 13.1 Å². The van der Waals surface area contributed by atoms with E-state index < -0.39 is 0 Å². The molecule has 1 aliphatic heterocycles. The number of aromatic nitrogens is 5. The zero-order chi connectivity index (χ0) is 21.2. The summed E-state index contributed by atoms with van der Waals surface area (Å²) in [5, 5.41) is 8.81. The molecule has 1 amide bonds. The topological polar surface area (TPSA) is 95.1 Å². The van der Waals surface area contributed by atoms with Gasteiger partial charge in [-0.1, -0.05) is 35.5 Å². The molecule has 0 unspecified atom stereocenters. The number of para-hydroxylation sites is 2. The van der Waals surface area contributed by atoms with Gasteiger partial charge in [0.1, 0.15) is 24.6 Å². The van der Waals surface area contributed by atoms with E-state index in [2.05, 4.69) is 15.3 Å². The van der Waals surface area contributed by atoms with E-state index in [1.807, 2.05) is 42.6 Å². The number of carbonyl (C=O) groups excluding carboxylic acids is 1. The average Bonchev–Trinajstić information content (AvgIpc) is 3.22. The SMILES string of the molecule is O=C(Cn1cnc2ccccc2c1=O)N1CC(n2cc(COc3ccccc3)nn2)C1. The fourth-order valence-corrected chi connectivity index (χ4v) is 3.52. The van der Waals surface area contributed by atoms with E-state index in [1.54, 1.807) is 27.8 Å². The van der Waals surface area contributed by atoms with Crippen molar-refractivity contribution < 1.29 is 9.53 Å². The van der Waals surface area contributed by atoms with Gasteiger partial charge in [0.25, 0.3) is 5.56 Å². The predicted molar refractivity (Wildman–Crippen MR) is 112 cm³/mol. The van der Waals surface area contributed by atoms with Gasteiger partial charge >= 0.3 is 0 Å². The summed E-state index contributed by atoms with van der Waals surface area (Å²) in [5.74, 6) is 0.652. The molecule has 0 bridgehead atoms. The third-order valence-electron chi connectivity index (χ3n) is 5.31. The van der Waals surface area contributed by atoms with E-state index >= 15 is 0 Å². The van der Waals surface area contributed by atoms with E-state index in [-0.39, 0.29) is 24.1 Å². The molecule has 1 fully saturated rings. The first-order valence-corrected chi connectivity index (χ1v) is 9.98. The first kappa shape index (κ1) is 19.0. The standard InChI is InChI=1S/C22H20N6O3/c29-21(13-27-15-23-20-9-5-4-8-19(20)22(27)30)26-11-17(12-26)28-10-16(24-25-28)14-31-18-6-2-1-3-7-18/h1-10,15,17H,11-14H2. The van der Waals surface area contributed by atoms with Gasteiger partial charge in [-0.15, -0.1) is 5.10 Å². The second-order valence-electron chi connectivity index (χ2n) is 7.44. The molecule has 3 heterocycles. The van der Waals surface area contributed by atoms with Crippen molar-refractivity contribution in [2.75, 3.05) is 13.1 Å². The average molecular weight is 416 g/mol. The van der Waals surface area contributed by atoms with Crippen molar-refractivity contribution in [1.82, 2.24) is 29.4 Å². The number of hydrogen-bond donors (Lipinski definition) is 0. The van der Waals surface area contributed by atoms with E-state index in [9.17, 15) is 9.59 Å². The van der Waals surface area contributed by atoms with Gasteiger partial charge in [0.05, 0.1) is 29.5 Å². The molecule has 0 atom stereocenters. The van der Waals surface area contributed by atoms with E-state index in [4.69, 9.17) is 4.74 Å².